The maximum absolute atomic E-state index is 13.4. The van der Waals surface area contributed by atoms with Gasteiger partial charge in [0.25, 0.3) is 5.91 Å². The number of aromatic carboxylic acids is 1. The molecular weight excluding hydrogens is 348 g/mol. The van der Waals surface area contributed by atoms with Crippen molar-refractivity contribution in [3.8, 4) is 5.75 Å². The number of nitrogens with zero attached hydrogens (tertiary/aromatic N) is 4. The van der Waals surface area contributed by atoms with E-state index in [1.165, 1.54) is 16.4 Å². The minimum absolute atomic E-state index is 0.00771. The monoisotopic (exact) mass is 370 g/mol. The van der Waals surface area contributed by atoms with E-state index < -0.39 is 5.97 Å². The lowest BCUT2D eigenvalue weighted by Crippen LogP contribution is -2.38. The van der Waals surface area contributed by atoms with Crippen molar-refractivity contribution in [2.75, 3.05) is 13.7 Å². The Bertz CT molecular complexity index is 892. The van der Waals surface area contributed by atoms with Crippen LogP contribution in [-0.4, -0.2) is 56.6 Å². The van der Waals surface area contributed by atoms with Crippen molar-refractivity contribution in [1.82, 2.24) is 19.9 Å². The van der Waals surface area contributed by atoms with Gasteiger partial charge in [0.15, 0.2) is 5.69 Å². The SMILES string of the molecule is COc1ccc2c(c1C(=O)N1CCCC1Cn1cc(C(=O)O)nn1)CCC2. The topological polar surface area (TPSA) is 97.5 Å². The minimum Gasteiger partial charge on any atom is -0.496 e. The van der Waals surface area contributed by atoms with Crippen LogP contribution in [0.3, 0.4) is 0 Å². The fraction of sp³-hybridized carbons (Fsp3) is 0.474. The van der Waals surface area contributed by atoms with Crippen LogP contribution in [0, 0.1) is 0 Å². The van der Waals surface area contributed by atoms with Gasteiger partial charge >= 0.3 is 5.97 Å². The van der Waals surface area contributed by atoms with E-state index in [1.54, 1.807) is 7.11 Å². The van der Waals surface area contributed by atoms with Gasteiger partial charge in [-0.15, -0.1) is 5.10 Å². The van der Waals surface area contributed by atoms with Gasteiger partial charge in [0.05, 0.1) is 31.5 Å². The zero-order valence-electron chi connectivity index (χ0n) is 15.2. The number of carboxylic acids is 1. The Morgan fingerprint density at radius 2 is 2.15 bits per heavy atom. The van der Waals surface area contributed by atoms with Gasteiger partial charge in [0.2, 0.25) is 0 Å². The van der Waals surface area contributed by atoms with Crippen LogP contribution in [0.1, 0.15) is 51.2 Å². The van der Waals surface area contributed by atoms with Crippen molar-refractivity contribution < 1.29 is 19.4 Å². The standard InChI is InChI=1S/C19H22N4O4/c1-27-16-8-7-12-4-2-6-14(12)17(16)18(24)23-9-3-5-13(23)10-22-11-15(19(25)26)20-21-22/h7-8,11,13H,2-6,9-10H2,1H3,(H,25,26). The van der Waals surface area contributed by atoms with Crippen LogP contribution >= 0.6 is 0 Å². The second-order valence-electron chi connectivity index (χ2n) is 7.06. The van der Waals surface area contributed by atoms with Gasteiger partial charge in [0.1, 0.15) is 5.75 Å². The molecule has 1 aromatic heterocycles. The predicted molar refractivity (Wildman–Crippen MR) is 96.1 cm³/mol. The van der Waals surface area contributed by atoms with E-state index in [0.29, 0.717) is 24.4 Å². The molecule has 0 radical (unpaired) electrons. The summed E-state index contributed by atoms with van der Waals surface area (Å²) in [6.07, 6.45) is 6.13. The molecule has 4 rings (SSSR count). The number of rotatable bonds is 5. The zero-order valence-corrected chi connectivity index (χ0v) is 15.2. The van der Waals surface area contributed by atoms with Crippen molar-refractivity contribution in [1.29, 1.82) is 0 Å². The lowest BCUT2D eigenvalue weighted by atomic mass is 10.0. The first-order chi connectivity index (χ1) is 13.1. The van der Waals surface area contributed by atoms with Crippen LogP contribution in [-0.2, 0) is 19.4 Å². The first-order valence-corrected chi connectivity index (χ1v) is 9.21. The molecule has 1 N–H and O–H groups in total. The van der Waals surface area contributed by atoms with Gasteiger partial charge < -0.3 is 14.7 Å². The average molecular weight is 370 g/mol. The highest BCUT2D eigenvalue weighted by molar-refractivity contribution is 5.99. The van der Waals surface area contributed by atoms with Crippen LogP contribution in [0.5, 0.6) is 5.75 Å². The molecule has 2 heterocycles. The number of ether oxygens (including phenoxy) is 1. The predicted octanol–water partition coefficient (Wildman–Crippen LogP) is 1.78. The fourth-order valence-corrected chi connectivity index (χ4v) is 4.19. The number of carboxylic acid groups (broad SMARTS) is 1. The van der Waals surface area contributed by atoms with Crippen LogP contribution < -0.4 is 4.74 Å². The second-order valence-corrected chi connectivity index (χ2v) is 7.06. The molecule has 1 fully saturated rings. The number of benzene rings is 1. The quantitative estimate of drug-likeness (QED) is 0.862. The molecule has 2 aromatic rings. The molecule has 0 bridgehead atoms. The minimum atomic E-state index is -1.11. The van der Waals surface area contributed by atoms with Crippen molar-refractivity contribution in [3.63, 3.8) is 0 Å². The van der Waals surface area contributed by atoms with Gasteiger partial charge in [-0.05, 0) is 49.3 Å². The Kier molecular flexibility index (Phi) is 4.55. The van der Waals surface area contributed by atoms with E-state index in [9.17, 15) is 9.59 Å². The van der Waals surface area contributed by atoms with E-state index in [4.69, 9.17) is 9.84 Å². The number of carbonyl (C=O) groups is 2. The molecule has 1 aliphatic carbocycles. The van der Waals surface area contributed by atoms with E-state index in [1.807, 2.05) is 11.0 Å². The van der Waals surface area contributed by atoms with E-state index in [2.05, 4.69) is 16.4 Å². The molecule has 0 saturated carbocycles. The summed E-state index contributed by atoms with van der Waals surface area (Å²) in [5.74, 6) is -0.489. The van der Waals surface area contributed by atoms with Crippen LogP contribution in [0.15, 0.2) is 18.3 Å². The van der Waals surface area contributed by atoms with Crippen LogP contribution in [0.4, 0.5) is 0 Å². The summed E-state index contributed by atoms with van der Waals surface area (Å²) >= 11 is 0. The number of methoxy groups -OCH3 is 1. The van der Waals surface area contributed by atoms with Crippen molar-refractivity contribution in [3.05, 3.63) is 40.7 Å². The number of hydrogen-bond donors (Lipinski definition) is 1. The Morgan fingerprint density at radius 1 is 1.30 bits per heavy atom. The summed E-state index contributed by atoms with van der Waals surface area (Å²) in [5, 5.41) is 16.5. The number of likely N-dealkylation sites (tertiary alicyclic amines) is 1. The molecule has 1 aliphatic heterocycles. The molecule has 1 saturated heterocycles. The fourth-order valence-electron chi connectivity index (χ4n) is 4.19. The summed E-state index contributed by atoms with van der Waals surface area (Å²) in [5.41, 5.74) is 2.94. The van der Waals surface area contributed by atoms with E-state index in [0.717, 1.165) is 37.7 Å². The number of aromatic nitrogens is 3. The number of fused-ring (bicyclic) bond motifs is 1. The van der Waals surface area contributed by atoms with Crippen LogP contribution in [0.2, 0.25) is 0 Å². The number of aryl methyl sites for hydroxylation is 1. The third-order valence-corrected chi connectivity index (χ3v) is 5.47. The average Bonchev–Trinajstić information content (AvgIpc) is 3.40. The molecule has 142 valence electrons. The Hall–Kier alpha value is -2.90. The number of amides is 1. The molecule has 2 aliphatic rings. The first kappa shape index (κ1) is 17.5. The van der Waals surface area contributed by atoms with Crippen LogP contribution in [0.25, 0.3) is 0 Å². The molecule has 1 unspecified atom stereocenters. The van der Waals surface area contributed by atoms with Crippen molar-refractivity contribution in [2.45, 2.75) is 44.7 Å². The summed E-state index contributed by atoms with van der Waals surface area (Å²) in [6, 6.07) is 3.91. The van der Waals surface area contributed by atoms with Gasteiger partial charge in [-0.1, -0.05) is 11.3 Å². The van der Waals surface area contributed by atoms with Gasteiger partial charge in [0, 0.05) is 6.54 Å². The number of carbonyl (C=O) groups excluding carboxylic acids is 1. The maximum atomic E-state index is 13.4. The third kappa shape index (κ3) is 3.15. The lowest BCUT2D eigenvalue weighted by molar-refractivity contribution is 0.0686. The molecule has 8 nitrogen and oxygen atoms in total. The molecule has 1 aromatic carbocycles. The summed E-state index contributed by atoms with van der Waals surface area (Å²) in [6.45, 7) is 1.11. The lowest BCUT2D eigenvalue weighted by Gasteiger charge is -2.26. The molecule has 27 heavy (non-hydrogen) atoms. The van der Waals surface area contributed by atoms with E-state index >= 15 is 0 Å². The summed E-state index contributed by atoms with van der Waals surface area (Å²) in [4.78, 5) is 26.3. The molecule has 1 atom stereocenters. The largest absolute Gasteiger partial charge is 0.496 e. The third-order valence-electron chi connectivity index (χ3n) is 5.47. The maximum Gasteiger partial charge on any atom is 0.358 e. The van der Waals surface area contributed by atoms with Gasteiger partial charge in [-0.3, -0.25) is 4.79 Å². The number of hydrogen-bond acceptors (Lipinski definition) is 5. The molecule has 8 heteroatoms. The highest BCUT2D eigenvalue weighted by Crippen LogP contribution is 2.34. The highest BCUT2D eigenvalue weighted by atomic mass is 16.5. The highest BCUT2D eigenvalue weighted by Gasteiger charge is 2.34. The summed E-state index contributed by atoms with van der Waals surface area (Å²) in [7, 11) is 1.60. The van der Waals surface area contributed by atoms with E-state index in [-0.39, 0.29) is 17.6 Å². The summed E-state index contributed by atoms with van der Waals surface area (Å²) < 4.78 is 7.00. The molecular formula is C19H22N4O4. The zero-order chi connectivity index (χ0) is 19.0. The Labute approximate surface area is 156 Å². The van der Waals surface area contributed by atoms with Gasteiger partial charge in [-0.2, -0.15) is 0 Å². The van der Waals surface area contributed by atoms with Crippen molar-refractivity contribution in [2.24, 2.45) is 0 Å². The smallest absolute Gasteiger partial charge is 0.358 e. The Balaban J connectivity index is 1.60. The second kappa shape index (κ2) is 7.02. The molecule has 0 spiro atoms. The van der Waals surface area contributed by atoms with Gasteiger partial charge in [-0.25, -0.2) is 9.48 Å². The Morgan fingerprint density at radius 3 is 2.89 bits per heavy atom. The first-order valence-electron chi connectivity index (χ1n) is 9.21. The van der Waals surface area contributed by atoms with Crippen molar-refractivity contribution >= 4 is 11.9 Å². The normalized spacial score (nSPS) is 18.6. The molecule has 1 amide bonds.